The number of amides is 1. The SMILES string of the molecule is N#CC[C@H]1C=C(c2ccccc2)CN1C(=O)OCc1ccccc1. The van der Waals surface area contributed by atoms with Crippen LogP contribution in [0.3, 0.4) is 0 Å². The van der Waals surface area contributed by atoms with Crippen LogP contribution in [0.25, 0.3) is 5.57 Å². The van der Waals surface area contributed by atoms with Gasteiger partial charge in [-0.15, -0.1) is 0 Å². The Hall–Kier alpha value is -3.06. The summed E-state index contributed by atoms with van der Waals surface area (Å²) in [5.74, 6) is 0. The molecule has 0 fully saturated rings. The predicted molar refractivity (Wildman–Crippen MR) is 91.8 cm³/mol. The largest absolute Gasteiger partial charge is 0.445 e. The minimum atomic E-state index is -0.388. The van der Waals surface area contributed by atoms with Gasteiger partial charge in [0.1, 0.15) is 6.61 Å². The molecule has 2 aromatic carbocycles. The van der Waals surface area contributed by atoms with Gasteiger partial charge < -0.3 is 4.74 Å². The Balaban J connectivity index is 1.68. The zero-order valence-electron chi connectivity index (χ0n) is 13.3. The first-order valence-electron chi connectivity index (χ1n) is 7.88. The number of nitriles is 1. The molecule has 1 atom stereocenters. The molecule has 4 nitrogen and oxygen atoms in total. The van der Waals surface area contributed by atoms with Crippen molar-refractivity contribution in [2.24, 2.45) is 0 Å². The third-order valence-electron chi connectivity index (χ3n) is 4.02. The quantitative estimate of drug-likeness (QED) is 0.856. The molecule has 2 aromatic rings. The van der Waals surface area contributed by atoms with Gasteiger partial charge in [0, 0.05) is 6.54 Å². The summed E-state index contributed by atoms with van der Waals surface area (Å²) in [4.78, 5) is 14.1. The van der Waals surface area contributed by atoms with Crippen LogP contribution in [0.1, 0.15) is 17.5 Å². The fourth-order valence-corrected chi connectivity index (χ4v) is 2.78. The number of hydrogen-bond acceptors (Lipinski definition) is 3. The molecule has 1 amide bonds. The monoisotopic (exact) mass is 318 g/mol. The van der Waals surface area contributed by atoms with Crippen molar-refractivity contribution >= 4 is 11.7 Å². The molecule has 3 rings (SSSR count). The van der Waals surface area contributed by atoms with Crippen LogP contribution in [-0.4, -0.2) is 23.6 Å². The number of benzene rings is 2. The van der Waals surface area contributed by atoms with Gasteiger partial charge in [0.05, 0.1) is 18.5 Å². The Morgan fingerprint density at radius 1 is 1.12 bits per heavy atom. The van der Waals surface area contributed by atoms with Gasteiger partial charge in [0.25, 0.3) is 0 Å². The maximum Gasteiger partial charge on any atom is 0.410 e. The number of carbonyl (C=O) groups is 1. The Labute approximate surface area is 141 Å². The van der Waals surface area contributed by atoms with E-state index in [4.69, 9.17) is 10.00 Å². The summed E-state index contributed by atoms with van der Waals surface area (Å²) in [5.41, 5.74) is 3.06. The lowest BCUT2D eigenvalue weighted by Crippen LogP contribution is -2.36. The van der Waals surface area contributed by atoms with Crippen molar-refractivity contribution in [1.29, 1.82) is 5.26 Å². The van der Waals surface area contributed by atoms with Crippen molar-refractivity contribution in [2.75, 3.05) is 6.54 Å². The number of hydrogen-bond donors (Lipinski definition) is 0. The highest BCUT2D eigenvalue weighted by Crippen LogP contribution is 2.27. The van der Waals surface area contributed by atoms with E-state index in [-0.39, 0.29) is 25.2 Å². The average Bonchev–Trinajstić information content (AvgIpc) is 3.06. The maximum absolute atomic E-state index is 12.4. The summed E-state index contributed by atoms with van der Waals surface area (Å²) in [5, 5.41) is 9.03. The average molecular weight is 318 g/mol. The van der Waals surface area contributed by atoms with E-state index >= 15 is 0 Å². The zero-order chi connectivity index (χ0) is 16.8. The lowest BCUT2D eigenvalue weighted by molar-refractivity contribution is 0.0958. The molecule has 0 N–H and O–H groups in total. The molecule has 24 heavy (non-hydrogen) atoms. The lowest BCUT2D eigenvalue weighted by atomic mass is 10.1. The summed E-state index contributed by atoms with van der Waals surface area (Å²) in [7, 11) is 0. The van der Waals surface area contributed by atoms with Crippen LogP contribution in [0.2, 0.25) is 0 Å². The third-order valence-corrected chi connectivity index (χ3v) is 4.02. The summed E-state index contributed by atoms with van der Waals surface area (Å²) in [6.07, 6.45) is 1.86. The molecule has 1 aliphatic rings. The van der Waals surface area contributed by atoms with Crippen LogP contribution in [0, 0.1) is 11.3 Å². The van der Waals surface area contributed by atoms with Gasteiger partial charge in [-0.2, -0.15) is 5.26 Å². The molecule has 1 heterocycles. The molecule has 1 aliphatic heterocycles. The van der Waals surface area contributed by atoms with E-state index in [1.54, 1.807) is 4.90 Å². The van der Waals surface area contributed by atoms with Gasteiger partial charge in [-0.25, -0.2) is 4.79 Å². The number of ether oxygens (including phenoxy) is 1. The number of nitrogens with zero attached hydrogens (tertiary/aromatic N) is 2. The van der Waals surface area contributed by atoms with Gasteiger partial charge in [0.2, 0.25) is 0 Å². The number of carbonyl (C=O) groups excluding carboxylic acids is 1. The standard InChI is InChI=1S/C20H18N2O2/c21-12-11-19-13-18(17-9-5-2-6-10-17)14-22(19)20(23)24-15-16-7-3-1-4-8-16/h1-10,13,19H,11,14-15H2/t19-/m0/s1. The second-order valence-electron chi connectivity index (χ2n) is 5.66. The first-order valence-corrected chi connectivity index (χ1v) is 7.88. The van der Waals surface area contributed by atoms with Crippen molar-refractivity contribution in [3.8, 4) is 6.07 Å². The normalized spacial score (nSPS) is 16.4. The first-order chi connectivity index (χ1) is 11.8. The topological polar surface area (TPSA) is 53.3 Å². The van der Waals surface area contributed by atoms with E-state index in [9.17, 15) is 4.79 Å². The Bertz CT molecular complexity index is 763. The molecule has 0 saturated heterocycles. The van der Waals surface area contributed by atoms with Gasteiger partial charge in [-0.05, 0) is 16.7 Å². The van der Waals surface area contributed by atoms with Crippen LogP contribution >= 0.6 is 0 Å². The lowest BCUT2D eigenvalue weighted by Gasteiger charge is -2.22. The van der Waals surface area contributed by atoms with Crippen molar-refractivity contribution in [3.05, 3.63) is 77.9 Å². The van der Waals surface area contributed by atoms with Gasteiger partial charge in [-0.3, -0.25) is 4.90 Å². The molecule has 0 bridgehead atoms. The molecule has 0 aliphatic carbocycles. The molecule has 0 spiro atoms. The van der Waals surface area contributed by atoms with Crippen LogP contribution in [-0.2, 0) is 11.3 Å². The van der Waals surface area contributed by atoms with Crippen molar-refractivity contribution in [1.82, 2.24) is 4.90 Å². The molecule has 120 valence electrons. The predicted octanol–water partition coefficient (Wildman–Crippen LogP) is 4.00. The Morgan fingerprint density at radius 3 is 2.46 bits per heavy atom. The highest BCUT2D eigenvalue weighted by atomic mass is 16.6. The zero-order valence-corrected chi connectivity index (χ0v) is 13.3. The van der Waals surface area contributed by atoms with Crippen LogP contribution in [0.15, 0.2) is 66.7 Å². The minimum absolute atomic E-state index is 0.232. The molecular formula is C20H18N2O2. The summed E-state index contributed by atoms with van der Waals surface area (Å²) >= 11 is 0. The Kier molecular flexibility index (Phi) is 4.93. The van der Waals surface area contributed by atoms with E-state index in [2.05, 4.69) is 6.07 Å². The van der Waals surface area contributed by atoms with Crippen molar-refractivity contribution in [2.45, 2.75) is 19.1 Å². The van der Waals surface area contributed by atoms with E-state index in [1.807, 2.05) is 66.7 Å². The van der Waals surface area contributed by atoms with E-state index in [0.717, 1.165) is 16.7 Å². The highest BCUT2D eigenvalue weighted by molar-refractivity contribution is 5.78. The van der Waals surface area contributed by atoms with Crippen molar-refractivity contribution < 1.29 is 9.53 Å². The summed E-state index contributed by atoms with van der Waals surface area (Å²) in [6, 6.07) is 21.4. The third kappa shape index (κ3) is 3.64. The molecule has 0 aromatic heterocycles. The smallest absolute Gasteiger partial charge is 0.410 e. The number of rotatable bonds is 4. The minimum Gasteiger partial charge on any atom is -0.445 e. The van der Waals surface area contributed by atoms with E-state index < -0.39 is 0 Å². The maximum atomic E-state index is 12.4. The Morgan fingerprint density at radius 2 is 1.79 bits per heavy atom. The fraction of sp³-hybridized carbons (Fsp3) is 0.200. The molecular weight excluding hydrogens is 300 g/mol. The van der Waals surface area contributed by atoms with Gasteiger partial charge >= 0.3 is 6.09 Å². The van der Waals surface area contributed by atoms with Crippen LogP contribution < -0.4 is 0 Å². The van der Waals surface area contributed by atoms with Gasteiger partial charge in [0.15, 0.2) is 0 Å². The van der Waals surface area contributed by atoms with E-state index in [1.165, 1.54) is 0 Å². The van der Waals surface area contributed by atoms with Gasteiger partial charge in [-0.1, -0.05) is 66.7 Å². The first kappa shape index (κ1) is 15.8. The second-order valence-corrected chi connectivity index (χ2v) is 5.66. The van der Waals surface area contributed by atoms with Crippen LogP contribution in [0.4, 0.5) is 4.79 Å². The molecule has 0 radical (unpaired) electrons. The second kappa shape index (κ2) is 7.47. The molecule has 4 heteroatoms. The fourth-order valence-electron chi connectivity index (χ4n) is 2.78. The molecule has 0 saturated carbocycles. The van der Waals surface area contributed by atoms with E-state index in [0.29, 0.717) is 6.54 Å². The molecule has 0 unspecified atom stereocenters. The highest BCUT2D eigenvalue weighted by Gasteiger charge is 2.30. The summed E-state index contributed by atoms with van der Waals surface area (Å²) < 4.78 is 5.42. The summed E-state index contributed by atoms with van der Waals surface area (Å²) in [6.45, 7) is 0.695. The van der Waals surface area contributed by atoms with Crippen molar-refractivity contribution in [3.63, 3.8) is 0 Å². The van der Waals surface area contributed by atoms with Crippen LogP contribution in [0.5, 0.6) is 0 Å².